The van der Waals surface area contributed by atoms with Crippen molar-refractivity contribution in [1.29, 1.82) is 0 Å². The fraction of sp³-hybridized carbons (Fsp3) is 0.333. The van der Waals surface area contributed by atoms with Crippen LogP contribution in [-0.4, -0.2) is 24.1 Å². The highest BCUT2D eigenvalue weighted by Crippen LogP contribution is 2.38. The zero-order valence-electron chi connectivity index (χ0n) is 18.1. The molecule has 3 aromatic rings. The summed E-state index contributed by atoms with van der Waals surface area (Å²) in [5.41, 5.74) is 10.9. The first-order valence-electron chi connectivity index (χ1n) is 10.5. The first-order valence-corrected chi connectivity index (χ1v) is 11.0. The number of benzene rings is 2. The minimum absolute atomic E-state index is 0.0686. The van der Waals surface area contributed by atoms with Gasteiger partial charge in [0.2, 0.25) is 5.91 Å². The maximum absolute atomic E-state index is 11.7. The van der Waals surface area contributed by atoms with E-state index in [0.29, 0.717) is 36.2 Å². The van der Waals surface area contributed by atoms with Crippen LogP contribution in [0.2, 0.25) is 0 Å². The highest BCUT2D eigenvalue weighted by molar-refractivity contribution is 6.17. The van der Waals surface area contributed by atoms with Gasteiger partial charge in [-0.25, -0.2) is 0 Å². The molecule has 3 N–H and O–H groups in total. The van der Waals surface area contributed by atoms with E-state index in [2.05, 4.69) is 17.2 Å². The van der Waals surface area contributed by atoms with Gasteiger partial charge in [0, 0.05) is 34.8 Å². The molecule has 0 bridgehead atoms. The Labute approximate surface area is 187 Å². The lowest BCUT2D eigenvalue weighted by Gasteiger charge is -2.19. The monoisotopic (exact) mass is 441 g/mol. The Balaban J connectivity index is 2.23. The highest BCUT2D eigenvalue weighted by atomic mass is 35.5. The summed E-state index contributed by atoms with van der Waals surface area (Å²) >= 11 is 6.15. The van der Waals surface area contributed by atoms with Crippen LogP contribution in [0.5, 0.6) is 11.5 Å². The smallest absolute Gasteiger partial charge is 0.221 e. The summed E-state index contributed by atoms with van der Waals surface area (Å²) in [6.07, 6.45) is 2.57. The molecule has 0 aliphatic carbocycles. The van der Waals surface area contributed by atoms with Gasteiger partial charge in [0.25, 0.3) is 0 Å². The summed E-state index contributed by atoms with van der Waals surface area (Å²) < 4.78 is 11.6. The fourth-order valence-electron chi connectivity index (χ4n) is 3.68. The third-order valence-corrected chi connectivity index (χ3v) is 5.29. The Bertz CT molecular complexity index is 1090. The number of primary amides is 1. The predicted molar refractivity (Wildman–Crippen MR) is 126 cm³/mol. The normalized spacial score (nSPS) is 10.8. The standard InChI is InChI=1S/C24H28ClN3O3/c1-4-17-15(13-25)8-7-9-19(17)28-24-16(10-23(26)29)14-27-20-12-22(31-6-3)21(30-5-2)11-18(20)24/h7-9,11-12,14H,4-6,10,13H2,1-3H3,(H2,26,29)(H,27,28). The molecular weight excluding hydrogens is 414 g/mol. The molecule has 1 aromatic heterocycles. The van der Waals surface area contributed by atoms with Gasteiger partial charge >= 0.3 is 0 Å². The zero-order valence-corrected chi connectivity index (χ0v) is 18.9. The summed E-state index contributed by atoms with van der Waals surface area (Å²) in [4.78, 5) is 16.3. The Morgan fingerprint density at radius 3 is 2.42 bits per heavy atom. The van der Waals surface area contributed by atoms with Gasteiger partial charge in [0.1, 0.15) is 0 Å². The van der Waals surface area contributed by atoms with Gasteiger partial charge in [-0.15, -0.1) is 11.6 Å². The number of nitrogens with two attached hydrogens (primary N) is 1. The maximum Gasteiger partial charge on any atom is 0.221 e. The number of hydrogen-bond acceptors (Lipinski definition) is 5. The van der Waals surface area contributed by atoms with Crippen LogP contribution in [0, 0.1) is 0 Å². The van der Waals surface area contributed by atoms with Gasteiger partial charge in [-0.05, 0) is 43.5 Å². The number of alkyl halides is 1. The number of rotatable bonds is 10. The van der Waals surface area contributed by atoms with Crippen molar-refractivity contribution in [1.82, 2.24) is 4.98 Å². The highest BCUT2D eigenvalue weighted by Gasteiger charge is 2.17. The Kier molecular flexibility index (Phi) is 7.58. The van der Waals surface area contributed by atoms with E-state index in [0.717, 1.165) is 39.8 Å². The number of nitrogens with zero attached hydrogens (tertiary/aromatic N) is 1. The molecule has 1 amide bonds. The van der Waals surface area contributed by atoms with Crippen molar-refractivity contribution in [3.63, 3.8) is 0 Å². The van der Waals surface area contributed by atoms with E-state index in [9.17, 15) is 4.79 Å². The lowest BCUT2D eigenvalue weighted by Crippen LogP contribution is -2.15. The summed E-state index contributed by atoms with van der Waals surface area (Å²) in [6, 6.07) is 9.76. The van der Waals surface area contributed by atoms with Crippen LogP contribution in [0.4, 0.5) is 11.4 Å². The molecule has 0 aliphatic heterocycles. The number of halogens is 1. The minimum Gasteiger partial charge on any atom is -0.490 e. The summed E-state index contributed by atoms with van der Waals surface area (Å²) in [5, 5.41) is 4.36. The molecule has 1 heterocycles. The molecule has 0 atom stereocenters. The van der Waals surface area contributed by atoms with Crippen molar-refractivity contribution in [3.8, 4) is 11.5 Å². The summed E-state index contributed by atoms with van der Waals surface area (Å²) in [5.74, 6) is 1.26. The third-order valence-electron chi connectivity index (χ3n) is 5.01. The van der Waals surface area contributed by atoms with E-state index in [4.69, 9.17) is 26.8 Å². The van der Waals surface area contributed by atoms with Crippen LogP contribution in [0.25, 0.3) is 10.9 Å². The van der Waals surface area contributed by atoms with Crippen molar-refractivity contribution in [3.05, 3.63) is 53.2 Å². The number of ether oxygens (including phenoxy) is 2. The average Bonchev–Trinajstić information content (AvgIpc) is 2.75. The number of aromatic nitrogens is 1. The van der Waals surface area contributed by atoms with Crippen LogP contribution in [0.3, 0.4) is 0 Å². The van der Waals surface area contributed by atoms with Crippen molar-refractivity contribution in [2.24, 2.45) is 5.73 Å². The van der Waals surface area contributed by atoms with Crippen molar-refractivity contribution < 1.29 is 14.3 Å². The van der Waals surface area contributed by atoms with Gasteiger partial charge in [0.15, 0.2) is 11.5 Å². The van der Waals surface area contributed by atoms with E-state index in [1.165, 1.54) is 0 Å². The van der Waals surface area contributed by atoms with Crippen molar-refractivity contribution >= 4 is 39.8 Å². The largest absolute Gasteiger partial charge is 0.490 e. The van der Waals surface area contributed by atoms with E-state index in [1.54, 1.807) is 6.20 Å². The molecule has 3 rings (SSSR count). The number of hydrogen-bond donors (Lipinski definition) is 2. The molecule has 0 fully saturated rings. The number of pyridine rings is 1. The van der Waals surface area contributed by atoms with Crippen LogP contribution in [-0.2, 0) is 23.5 Å². The molecule has 2 aromatic carbocycles. The number of carbonyl (C=O) groups excluding carboxylic acids is 1. The van der Waals surface area contributed by atoms with Gasteiger partial charge in [-0.3, -0.25) is 9.78 Å². The maximum atomic E-state index is 11.7. The molecule has 0 radical (unpaired) electrons. The molecule has 164 valence electrons. The average molecular weight is 442 g/mol. The number of anilines is 2. The molecular formula is C24H28ClN3O3. The topological polar surface area (TPSA) is 86.5 Å². The Morgan fingerprint density at radius 2 is 1.81 bits per heavy atom. The number of fused-ring (bicyclic) bond motifs is 1. The first kappa shape index (κ1) is 22.7. The number of carbonyl (C=O) groups is 1. The second kappa shape index (κ2) is 10.4. The predicted octanol–water partition coefficient (Wildman–Crippen LogP) is 5.10. The molecule has 0 spiro atoms. The van der Waals surface area contributed by atoms with E-state index in [1.807, 2.05) is 44.2 Å². The molecule has 7 heteroatoms. The van der Waals surface area contributed by atoms with Crippen LogP contribution in [0.1, 0.15) is 37.5 Å². The van der Waals surface area contributed by atoms with E-state index < -0.39 is 5.91 Å². The first-order chi connectivity index (χ1) is 15.0. The van der Waals surface area contributed by atoms with E-state index >= 15 is 0 Å². The quantitative estimate of drug-likeness (QED) is 0.427. The lowest BCUT2D eigenvalue weighted by molar-refractivity contribution is -0.117. The SMILES string of the molecule is CCOc1cc2ncc(CC(N)=O)c(Nc3cccc(CCl)c3CC)c2cc1OCC. The lowest BCUT2D eigenvalue weighted by atomic mass is 10.0. The molecule has 0 saturated heterocycles. The third kappa shape index (κ3) is 5.02. The molecule has 0 unspecified atom stereocenters. The fourth-order valence-corrected chi connectivity index (χ4v) is 3.93. The molecule has 0 aliphatic rings. The molecule has 6 nitrogen and oxygen atoms in total. The second-order valence-electron chi connectivity index (χ2n) is 7.04. The molecule has 31 heavy (non-hydrogen) atoms. The van der Waals surface area contributed by atoms with Crippen LogP contribution in [0.15, 0.2) is 36.5 Å². The Morgan fingerprint density at radius 1 is 1.10 bits per heavy atom. The van der Waals surface area contributed by atoms with Gasteiger partial charge in [-0.2, -0.15) is 0 Å². The van der Waals surface area contributed by atoms with Crippen LogP contribution < -0.4 is 20.5 Å². The second-order valence-corrected chi connectivity index (χ2v) is 7.31. The number of nitrogens with one attached hydrogen (secondary N) is 1. The van der Waals surface area contributed by atoms with Gasteiger partial charge in [-0.1, -0.05) is 19.1 Å². The van der Waals surface area contributed by atoms with Gasteiger partial charge in [0.05, 0.1) is 30.8 Å². The minimum atomic E-state index is -0.426. The van der Waals surface area contributed by atoms with Crippen molar-refractivity contribution in [2.45, 2.75) is 39.5 Å². The zero-order chi connectivity index (χ0) is 22.4. The Hall–Kier alpha value is -2.99. The van der Waals surface area contributed by atoms with E-state index in [-0.39, 0.29) is 6.42 Å². The summed E-state index contributed by atoms with van der Waals surface area (Å²) in [7, 11) is 0. The number of amides is 1. The van der Waals surface area contributed by atoms with Gasteiger partial charge < -0.3 is 20.5 Å². The van der Waals surface area contributed by atoms with Crippen molar-refractivity contribution in [2.75, 3.05) is 18.5 Å². The molecule has 0 saturated carbocycles. The summed E-state index contributed by atoms with van der Waals surface area (Å²) in [6.45, 7) is 6.95. The van der Waals surface area contributed by atoms with Crippen LogP contribution >= 0.6 is 11.6 Å².